The summed E-state index contributed by atoms with van der Waals surface area (Å²) in [5, 5.41) is 8.36. The van der Waals surface area contributed by atoms with Crippen molar-refractivity contribution in [3.8, 4) is 39.6 Å². The van der Waals surface area contributed by atoms with E-state index < -0.39 is 11.9 Å². The summed E-state index contributed by atoms with van der Waals surface area (Å²) in [6, 6.07) is 63.6. The monoisotopic (exact) mass is 1130 g/mol. The Labute approximate surface area is 449 Å². The molecule has 3 aromatic heterocycles. The van der Waals surface area contributed by atoms with Gasteiger partial charge in [-0.1, -0.05) is 185 Å². The molecule has 1 aliphatic heterocycles. The van der Waals surface area contributed by atoms with Gasteiger partial charge >= 0.3 is 0 Å². The third-order valence-electron chi connectivity index (χ3n) is 14.0. The SMILES string of the molecule is [2H]c1c([2H])c([2H])c(-c2cc(-c3cccc4c5ccccc5c5ccccc5c5cccc6c5n(c34)[CH-]N6c3[c-]c(Oc4[c-]c5c(cc4)c4ccccc4n5-c4cc(C([2H])(C)C)ccn4)ccc3)cc(C(C)(C)C)c2)c([2H])c1[2H].[Pt]. The van der Waals surface area contributed by atoms with E-state index in [0.29, 0.717) is 22.9 Å². The molecule has 1 aliphatic rings. The molecule has 12 aromatic rings. The molecule has 0 aliphatic carbocycles. The van der Waals surface area contributed by atoms with Crippen LogP contribution in [0.3, 0.4) is 0 Å². The Bertz CT molecular complexity index is 4540. The smallest absolute Gasteiger partial charge is 0.135 e. The van der Waals surface area contributed by atoms with Crippen LogP contribution in [0.25, 0.3) is 93.2 Å². The Morgan fingerprint density at radius 2 is 1.22 bits per heavy atom. The molecule has 0 N–H and O–H groups in total. The van der Waals surface area contributed by atoms with Crippen LogP contribution >= 0.6 is 0 Å². The number of hydrogen-bond acceptors (Lipinski definition) is 3. The van der Waals surface area contributed by atoms with Gasteiger partial charge in [-0.3, -0.25) is 0 Å². The first-order valence-corrected chi connectivity index (χ1v) is 24.3. The Morgan fingerprint density at radius 3 is 1.95 bits per heavy atom. The fourth-order valence-corrected chi connectivity index (χ4v) is 10.5. The van der Waals surface area contributed by atoms with E-state index in [-0.39, 0.29) is 56.2 Å². The van der Waals surface area contributed by atoms with Crippen LogP contribution < -0.4 is 9.64 Å². The average molecular weight is 1130 g/mol. The van der Waals surface area contributed by atoms with Crippen LogP contribution in [0, 0.1) is 18.8 Å². The van der Waals surface area contributed by atoms with E-state index in [1.165, 1.54) is 0 Å². The van der Waals surface area contributed by atoms with Crippen LogP contribution in [0.2, 0.25) is 0 Å². The van der Waals surface area contributed by atoms with Gasteiger partial charge in [0.2, 0.25) is 0 Å². The molecular formula is C67H51N4OPt-3. The van der Waals surface area contributed by atoms with Gasteiger partial charge in [0.25, 0.3) is 0 Å². The predicted molar refractivity (Wildman–Crippen MR) is 300 cm³/mol. The zero-order chi connectivity index (χ0) is 53.9. The number of pyridine rings is 1. The zero-order valence-corrected chi connectivity index (χ0v) is 43.1. The maximum atomic E-state index is 9.08. The fourth-order valence-electron chi connectivity index (χ4n) is 10.5. The second kappa shape index (κ2) is 18.2. The van der Waals surface area contributed by atoms with Gasteiger partial charge in [0, 0.05) is 51.3 Å². The second-order valence-electron chi connectivity index (χ2n) is 19.7. The van der Waals surface area contributed by atoms with Gasteiger partial charge in [0.1, 0.15) is 5.82 Å². The van der Waals surface area contributed by atoms with Crippen molar-refractivity contribution in [1.82, 2.24) is 14.1 Å². The summed E-state index contributed by atoms with van der Waals surface area (Å²) in [5.74, 6) is 0.871. The molecule has 0 spiro atoms. The average Bonchev–Trinajstić information content (AvgIpc) is 4.13. The number of nitrogens with zero attached hydrogens (tertiary/aromatic N) is 4. The van der Waals surface area contributed by atoms with E-state index in [2.05, 4.69) is 163 Å². The fraction of sp³-hybridized carbons (Fsp3) is 0.104. The van der Waals surface area contributed by atoms with E-state index in [1.54, 1.807) is 6.20 Å². The van der Waals surface area contributed by atoms with Crippen LogP contribution in [-0.2, 0) is 26.5 Å². The van der Waals surface area contributed by atoms with Crippen LogP contribution in [-0.4, -0.2) is 14.1 Å². The van der Waals surface area contributed by atoms with Crippen molar-refractivity contribution in [2.24, 2.45) is 0 Å². The van der Waals surface area contributed by atoms with Gasteiger partial charge < -0.3 is 18.8 Å². The topological polar surface area (TPSA) is 35.2 Å². The molecule has 13 rings (SSSR count). The summed E-state index contributed by atoms with van der Waals surface area (Å²) >= 11 is 0. The van der Waals surface area contributed by atoms with E-state index in [1.807, 2.05) is 74.5 Å². The Kier molecular flexibility index (Phi) is 9.84. The van der Waals surface area contributed by atoms with Gasteiger partial charge in [-0.25, -0.2) is 4.98 Å². The van der Waals surface area contributed by atoms with Crippen LogP contribution in [0.15, 0.2) is 206 Å². The first kappa shape index (κ1) is 39.5. The Morgan fingerprint density at radius 1 is 0.589 bits per heavy atom. The molecule has 73 heavy (non-hydrogen) atoms. The minimum Gasteiger partial charge on any atom is -0.509 e. The maximum Gasteiger partial charge on any atom is 0.135 e. The summed E-state index contributed by atoms with van der Waals surface area (Å²) < 4.78 is 63.8. The van der Waals surface area contributed by atoms with Crippen molar-refractivity contribution in [3.63, 3.8) is 0 Å². The molecule has 6 heteroatoms. The molecule has 9 aromatic carbocycles. The number of ether oxygens (including phenoxy) is 1. The molecule has 0 saturated carbocycles. The van der Waals surface area contributed by atoms with E-state index in [9.17, 15) is 0 Å². The van der Waals surface area contributed by atoms with Crippen LogP contribution in [0.4, 0.5) is 11.4 Å². The van der Waals surface area contributed by atoms with Gasteiger partial charge in [0.15, 0.2) is 0 Å². The maximum absolute atomic E-state index is 9.08. The van der Waals surface area contributed by atoms with E-state index in [4.69, 9.17) is 17.9 Å². The first-order chi connectivity index (χ1) is 37.5. The second-order valence-corrected chi connectivity index (χ2v) is 19.7. The summed E-state index contributed by atoms with van der Waals surface area (Å²) in [6.45, 7) is 12.3. The van der Waals surface area contributed by atoms with Crippen molar-refractivity contribution in [2.45, 2.75) is 45.9 Å². The minimum atomic E-state index is -0.819. The quantitative estimate of drug-likeness (QED) is 0.149. The number of para-hydroxylation sites is 3. The summed E-state index contributed by atoms with van der Waals surface area (Å²) in [5.41, 5.74) is 9.15. The number of rotatable bonds is 7. The minimum absolute atomic E-state index is 0. The van der Waals surface area contributed by atoms with Crippen LogP contribution in [0.5, 0.6) is 11.5 Å². The standard InChI is InChI=1S/C67H51N4O.Pt/c1-43(2)45-34-35-68-64(39-45)71-61-30-14-13-26-57(61)58-33-32-51(41-63(58)71)72-50-21-15-20-49(40-50)69-42-70-65-52(47-36-46(44-18-7-6-8-19-44)37-48(38-47)67(3,4)5)27-16-28-59(65)55-24-11-9-22-53(55)54-23-10-12-25-56(54)60-29-17-31-62(69)66(60)70;/h6-39,42-43H,1-5H3;/q-3;/i6D,7D,8D,18D,19D,43D;. The third-order valence-corrected chi connectivity index (χ3v) is 14.0. The Balaban J connectivity index is 0.00000623. The molecule has 0 fully saturated rings. The Hall–Kier alpha value is -8.11. The van der Waals surface area contributed by atoms with Gasteiger partial charge in [-0.2, -0.15) is 12.1 Å². The molecule has 0 saturated heterocycles. The molecule has 0 radical (unpaired) electrons. The third kappa shape index (κ3) is 7.91. The van der Waals surface area contributed by atoms with Gasteiger partial charge in [0.05, 0.1) is 6.85 Å². The molecule has 5 nitrogen and oxygen atoms in total. The molecule has 0 bridgehead atoms. The number of benzene rings is 9. The number of fused-ring (bicyclic) bond motifs is 10. The van der Waals surface area contributed by atoms with Crippen molar-refractivity contribution in [3.05, 3.63) is 236 Å². The van der Waals surface area contributed by atoms with Gasteiger partial charge in [-0.15, -0.1) is 35.7 Å². The summed E-state index contributed by atoms with van der Waals surface area (Å²) in [4.78, 5) is 6.95. The molecular weight excluding hydrogens is 1070 g/mol. The molecule has 358 valence electrons. The van der Waals surface area contributed by atoms with Gasteiger partial charge in [-0.05, 0) is 130 Å². The largest absolute Gasteiger partial charge is 0.509 e. The number of anilines is 2. The molecule has 0 unspecified atom stereocenters. The molecule has 0 amide bonds. The molecule has 4 heterocycles. The van der Waals surface area contributed by atoms with Crippen molar-refractivity contribution in [2.75, 3.05) is 4.90 Å². The summed E-state index contributed by atoms with van der Waals surface area (Å²) in [6.07, 6.45) is 1.76. The summed E-state index contributed by atoms with van der Waals surface area (Å²) in [7, 11) is 0. The number of aromatic nitrogens is 3. The van der Waals surface area contributed by atoms with Crippen molar-refractivity contribution >= 4 is 76.5 Å². The van der Waals surface area contributed by atoms with E-state index in [0.717, 1.165) is 98.8 Å². The first-order valence-electron chi connectivity index (χ1n) is 27.3. The van der Waals surface area contributed by atoms with Crippen molar-refractivity contribution < 1.29 is 34.0 Å². The predicted octanol–water partition coefficient (Wildman–Crippen LogP) is 18.0. The molecule has 0 atom stereocenters. The van der Waals surface area contributed by atoms with E-state index >= 15 is 0 Å². The zero-order valence-electron chi connectivity index (χ0n) is 46.8. The number of hydrogen-bond donors (Lipinski definition) is 0. The van der Waals surface area contributed by atoms with Crippen LogP contribution in [0.1, 0.15) is 59.9 Å². The van der Waals surface area contributed by atoms with Crippen molar-refractivity contribution in [1.29, 1.82) is 0 Å². The normalized spacial score (nSPS) is 13.6.